The maximum atomic E-state index is 13.0. The molecule has 3 aromatic rings. The van der Waals surface area contributed by atoms with Crippen molar-refractivity contribution in [2.45, 2.75) is 13.3 Å². The second kappa shape index (κ2) is 8.03. The number of amides is 1. The molecule has 0 aliphatic carbocycles. The van der Waals surface area contributed by atoms with Crippen molar-refractivity contribution in [3.8, 4) is 11.8 Å². The van der Waals surface area contributed by atoms with Crippen molar-refractivity contribution >= 4 is 5.91 Å². The second-order valence-corrected chi connectivity index (χ2v) is 5.62. The standard InChI is InChI=1S/C19H18N6O/c1-2-24(12-8-16-13-15(14-20)7-9-21-16)19(26)17-5-3-4-6-18(17)25-22-10-11-23-25/h3-7,9-11,13H,2,8,12H2,1H3. The molecule has 0 aliphatic rings. The Balaban J connectivity index is 1.78. The Morgan fingerprint density at radius 3 is 2.69 bits per heavy atom. The van der Waals surface area contributed by atoms with Crippen molar-refractivity contribution < 1.29 is 4.79 Å². The van der Waals surface area contributed by atoms with Gasteiger partial charge in [-0.3, -0.25) is 9.78 Å². The van der Waals surface area contributed by atoms with Gasteiger partial charge in [0.2, 0.25) is 0 Å². The maximum Gasteiger partial charge on any atom is 0.256 e. The number of nitriles is 1. The van der Waals surface area contributed by atoms with E-state index < -0.39 is 0 Å². The molecule has 0 N–H and O–H groups in total. The fourth-order valence-corrected chi connectivity index (χ4v) is 2.68. The summed E-state index contributed by atoms with van der Waals surface area (Å²) in [7, 11) is 0. The third-order valence-electron chi connectivity index (χ3n) is 4.02. The van der Waals surface area contributed by atoms with Crippen molar-refractivity contribution in [2.24, 2.45) is 0 Å². The van der Waals surface area contributed by atoms with E-state index in [1.807, 2.05) is 25.1 Å². The fraction of sp³-hybridized carbons (Fsp3) is 0.211. The average Bonchev–Trinajstić information content (AvgIpc) is 3.23. The molecular weight excluding hydrogens is 328 g/mol. The highest BCUT2D eigenvalue weighted by Crippen LogP contribution is 2.15. The first kappa shape index (κ1) is 17.3. The molecule has 7 nitrogen and oxygen atoms in total. The van der Waals surface area contributed by atoms with Crippen LogP contribution in [-0.4, -0.2) is 43.9 Å². The van der Waals surface area contributed by atoms with E-state index in [0.29, 0.717) is 36.3 Å². The number of likely N-dealkylation sites (N-methyl/N-ethyl adjacent to an activating group) is 1. The Bertz CT molecular complexity index is 929. The monoisotopic (exact) mass is 346 g/mol. The number of carbonyl (C=O) groups excluding carboxylic acids is 1. The molecule has 0 unspecified atom stereocenters. The van der Waals surface area contributed by atoms with Gasteiger partial charge in [-0.1, -0.05) is 12.1 Å². The van der Waals surface area contributed by atoms with E-state index >= 15 is 0 Å². The van der Waals surface area contributed by atoms with Gasteiger partial charge in [-0.05, 0) is 31.2 Å². The second-order valence-electron chi connectivity index (χ2n) is 5.62. The van der Waals surface area contributed by atoms with Crippen LogP contribution in [0, 0.1) is 11.3 Å². The maximum absolute atomic E-state index is 13.0. The van der Waals surface area contributed by atoms with Crippen LogP contribution in [0.2, 0.25) is 0 Å². The van der Waals surface area contributed by atoms with Gasteiger partial charge in [0.25, 0.3) is 5.91 Å². The highest BCUT2D eigenvalue weighted by Gasteiger charge is 2.19. The molecule has 0 spiro atoms. The van der Waals surface area contributed by atoms with Gasteiger partial charge in [0.05, 0.1) is 35.3 Å². The third kappa shape index (κ3) is 3.75. The van der Waals surface area contributed by atoms with E-state index in [1.54, 1.807) is 41.7 Å². The number of rotatable bonds is 6. The van der Waals surface area contributed by atoms with E-state index in [-0.39, 0.29) is 5.91 Å². The molecule has 7 heteroatoms. The lowest BCUT2D eigenvalue weighted by molar-refractivity contribution is 0.0765. The van der Waals surface area contributed by atoms with Crippen molar-refractivity contribution in [1.29, 1.82) is 5.26 Å². The zero-order valence-corrected chi connectivity index (χ0v) is 14.4. The first-order chi connectivity index (χ1) is 12.7. The summed E-state index contributed by atoms with van der Waals surface area (Å²) < 4.78 is 0. The molecule has 1 aromatic carbocycles. The topological polar surface area (TPSA) is 87.7 Å². The molecule has 0 aliphatic heterocycles. The number of pyridine rings is 1. The van der Waals surface area contributed by atoms with Crippen molar-refractivity contribution in [1.82, 2.24) is 24.9 Å². The van der Waals surface area contributed by atoms with Gasteiger partial charge < -0.3 is 4.90 Å². The molecule has 3 rings (SSSR count). The summed E-state index contributed by atoms with van der Waals surface area (Å²) in [6.07, 6.45) is 5.35. The van der Waals surface area contributed by atoms with Crippen LogP contribution < -0.4 is 0 Å². The molecule has 0 saturated heterocycles. The van der Waals surface area contributed by atoms with Crippen molar-refractivity contribution in [3.05, 3.63) is 71.8 Å². The molecule has 0 saturated carbocycles. The SMILES string of the molecule is CCN(CCc1cc(C#N)ccn1)C(=O)c1ccccc1-n1nccn1. The van der Waals surface area contributed by atoms with Crippen LogP contribution in [0.25, 0.3) is 5.69 Å². The summed E-state index contributed by atoms with van der Waals surface area (Å²) in [5.74, 6) is -0.0863. The molecule has 1 amide bonds. The molecule has 2 heterocycles. The molecule has 0 radical (unpaired) electrons. The normalized spacial score (nSPS) is 10.3. The van der Waals surface area contributed by atoms with E-state index in [0.717, 1.165) is 5.69 Å². The minimum Gasteiger partial charge on any atom is -0.338 e. The van der Waals surface area contributed by atoms with Gasteiger partial charge >= 0.3 is 0 Å². The molecule has 130 valence electrons. The van der Waals surface area contributed by atoms with E-state index in [9.17, 15) is 4.79 Å². The van der Waals surface area contributed by atoms with Gasteiger partial charge in [0, 0.05) is 31.4 Å². The first-order valence-corrected chi connectivity index (χ1v) is 8.33. The zero-order chi connectivity index (χ0) is 18.4. The fourth-order valence-electron chi connectivity index (χ4n) is 2.68. The molecule has 2 aromatic heterocycles. The first-order valence-electron chi connectivity index (χ1n) is 8.33. The van der Waals surface area contributed by atoms with Crippen LogP contribution >= 0.6 is 0 Å². The van der Waals surface area contributed by atoms with Crippen LogP contribution in [0.1, 0.15) is 28.5 Å². The number of aromatic nitrogens is 4. The summed E-state index contributed by atoms with van der Waals surface area (Å²) in [5, 5.41) is 17.2. The predicted molar refractivity (Wildman–Crippen MR) is 95.6 cm³/mol. The van der Waals surface area contributed by atoms with Gasteiger partial charge in [0.1, 0.15) is 0 Å². The number of carbonyl (C=O) groups is 1. The highest BCUT2D eigenvalue weighted by molar-refractivity contribution is 5.97. The molecule has 0 atom stereocenters. The zero-order valence-electron chi connectivity index (χ0n) is 14.4. The van der Waals surface area contributed by atoms with E-state index in [2.05, 4.69) is 21.3 Å². The number of nitrogens with zero attached hydrogens (tertiary/aromatic N) is 6. The average molecular weight is 346 g/mol. The van der Waals surface area contributed by atoms with Crippen LogP contribution in [0.4, 0.5) is 0 Å². The summed E-state index contributed by atoms with van der Waals surface area (Å²) >= 11 is 0. The number of hydrogen-bond acceptors (Lipinski definition) is 5. The third-order valence-corrected chi connectivity index (χ3v) is 4.02. The Morgan fingerprint density at radius 1 is 1.19 bits per heavy atom. The Labute approximate surface area is 151 Å². The van der Waals surface area contributed by atoms with Gasteiger partial charge in [-0.25, -0.2) is 0 Å². The largest absolute Gasteiger partial charge is 0.338 e. The lowest BCUT2D eigenvalue weighted by atomic mass is 10.1. The van der Waals surface area contributed by atoms with Crippen LogP contribution in [0.5, 0.6) is 0 Å². The number of para-hydroxylation sites is 1. The van der Waals surface area contributed by atoms with Gasteiger partial charge in [-0.2, -0.15) is 20.3 Å². The summed E-state index contributed by atoms with van der Waals surface area (Å²) in [6.45, 7) is 3.02. The minimum atomic E-state index is -0.0863. The van der Waals surface area contributed by atoms with Crippen LogP contribution in [0.15, 0.2) is 55.0 Å². The molecule has 0 bridgehead atoms. The quantitative estimate of drug-likeness (QED) is 0.683. The smallest absolute Gasteiger partial charge is 0.256 e. The Kier molecular flexibility index (Phi) is 5.34. The Morgan fingerprint density at radius 2 is 1.96 bits per heavy atom. The highest BCUT2D eigenvalue weighted by atomic mass is 16.2. The van der Waals surface area contributed by atoms with E-state index in [1.165, 1.54) is 4.80 Å². The van der Waals surface area contributed by atoms with Gasteiger partial charge in [-0.15, -0.1) is 0 Å². The number of benzene rings is 1. The van der Waals surface area contributed by atoms with Gasteiger partial charge in [0.15, 0.2) is 0 Å². The summed E-state index contributed by atoms with van der Waals surface area (Å²) in [5.41, 5.74) is 2.55. The number of hydrogen-bond donors (Lipinski definition) is 0. The molecule has 0 fully saturated rings. The Hall–Kier alpha value is -3.53. The molecule has 26 heavy (non-hydrogen) atoms. The van der Waals surface area contributed by atoms with Crippen LogP contribution in [0.3, 0.4) is 0 Å². The predicted octanol–water partition coefficient (Wildman–Crippen LogP) is 2.24. The van der Waals surface area contributed by atoms with Crippen molar-refractivity contribution in [3.63, 3.8) is 0 Å². The summed E-state index contributed by atoms with van der Waals surface area (Å²) in [6, 6.07) is 12.8. The molecular formula is C19H18N6O. The van der Waals surface area contributed by atoms with E-state index in [4.69, 9.17) is 5.26 Å². The van der Waals surface area contributed by atoms with Crippen LogP contribution in [-0.2, 0) is 6.42 Å². The summed E-state index contributed by atoms with van der Waals surface area (Å²) in [4.78, 5) is 20.5. The lowest BCUT2D eigenvalue weighted by Crippen LogP contribution is -2.33. The lowest BCUT2D eigenvalue weighted by Gasteiger charge is -2.22. The minimum absolute atomic E-state index is 0.0863. The van der Waals surface area contributed by atoms with Crippen molar-refractivity contribution in [2.75, 3.05) is 13.1 Å².